The summed E-state index contributed by atoms with van der Waals surface area (Å²) in [4.78, 5) is 36.8. The first kappa shape index (κ1) is 47.1. The average molecular weight is 693 g/mol. The molecule has 0 aliphatic heterocycles. The number of carbonyl (C=O) groups is 3. The summed E-state index contributed by atoms with van der Waals surface area (Å²) in [5, 5.41) is 0. The Bertz CT molecular complexity index is 804. The second-order valence-electron chi connectivity index (χ2n) is 15.5. The predicted octanol–water partition coefficient (Wildman–Crippen LogP) is 12.8. The minimum atomic E-state index is -0.810. The Morgan fingerprint density at radius 3 is 1.10 bits per heavy atom. The highest BCUT2D eigenvalue weighted by Gasteiger charge is 2.19. The lowest BCUT2D eigenvalue weighted by Crippen LogP contribution is -2.31. The molecule has 1 unspecified atom stereocenters. The first-order valence-electron chi connectivity index (χ1n) is 20.8. The smallest absolute Gasteiger partial charge is 0.333 e. The third-order valence-corrected chi connectivity index (χ3v) is 9.30. The van der Waals surface area contributed by atoms with Gasteiger partial charge in [0.05, 0.1) is 0 Å². The molecule has 6 nitrogen and oxygen atoms in total. The van der Waals surface area contributed by atoms with Crippen molar-refractivity contribution in [1.29, 1.82) is 0 Å². The molecular weight excluding hydrogens is 612 g/mol. The third-order valence-electron chi connectivity index (χ3n) is 9.30. The molecule has 288 valence electrons. The van der Waals surface area contributed by atoms with Crippen LogP contribution in [0.4, 0.5) is 0 Å². The summed E-state index contributed by atoms with van der Waals surface area (Å²) in [7, 11) is 0. The fourth-order valence-electron chi connectivity index (χ4n) is 6.09. The average Bonchev–Trinajstić information content (AvgIpc) is 3.05. The second kappa shape index (κ2) is 34.6. The van der Waals surface area contributed by atoms with Crippen LogP contribution in [0.3, 0.4) is 0 Å². The molecule has 0 spiro atoms. The van der Waals surface area contributed by atoms with Gasteiger partial charge in [-0.05, 0) is 31.6 Å². The van der Waals surface area contributed by atoms with Crippen molar-refractivity contribution in [1.82, 2.24) is 0 Å². The summed E-state index contributed by atoms with van der Waals surface area (Å²) < 4.78 is 16.2. The van der Waals surface area contributed by atoms with Crippen molar-refractivity contribution in [3.05, 3.63) is 12.2 Å². The van der Waals surface area contributed by atoms with Gasteiger partial charge in [-0.1, -0.05) is 188 Å². The van der Waals surface area contributed by atoms with Gasteiger partial charge in [0.25, 0.3) is 0 Å². The summed E-state index contributed by atoms with van der Waals surface area (Å²) in [5.74, 6) is 0.462. The SMILES string of the molecule is C=C(C)C(=O)OCC(COC(=O)CCCCCCCCCCCCCCC(C)C)OC(=O)CCCCCCCCCCCCCCC(C)C. The predicted molar refractivity (Wildman–Crippen MR) is 206 cm³/mol. The van der Waals surface area contributed by atoms with Gasteiger partial charge in [0.15, 0.2) is 6.10 Å². The maximum absolute atomic E-state index is 12.5. The van der Waals surface area contributed by atoms with Crippen molar-refractivity contribution in [2.75, 3.05) is 13.2 Å². The molecule has 0 aromatic rings. The molecule has 0 N–H and O–H groups in total. The zero-order valence-corrected chi connectivity index (χ0v) is 33.1. The lowest BCUT2D eigenvalue weighted by atomic mass is 10.0. The molecule has 0 aromatic heterocycles. The number of rotatable bonds is 36. The Hall–Kier alpha value is -1.85. The Kier molecular flexibility index (Phi) is 33.3. The van der Waals surface area contributed by atoms with Crippen LogP contribution in [0.5, 0.6) is 0 Å². The highest BCUT2D eigenvalue weighted by molar-refractivity contribution is 5.86. The Labute approximate surface area is 303 Å². The molecule has 0 saturated carbocycles. The summed E-state index contributed by atoms with van der Waals surface area (Å²) >= 11 is 0. The van der Waals surface area contributed by atoms with Crippen molar-refractivity contribution in [3.8, 4) is 0 Å². The van der Waals surface area contributed by atoms with Crippen molar-refractivity contribution < 1.29 is 28.6 Å². The lowest BCUT2D eigenvalue weighted by molar-refractivity contribution is -0.165. The van der Waals surface area contributed by atoms with Crippen LogP contribution in [0.15, 0.2) is 12.2 Å². The molecule has 0 fully saturated rings. The maximum atomic E-state index is 12.5. The molecular formula is C43H80O6. The fourth-order valence-corrected chi connectivity index (χ4v) is 6.09. The van der Waals surface area contributed by atoms with E-state index in [-0.39, 0.29) is 30.7 Å². The second-order valence-corrected chi connectivity index (χ2v) is 15.5. The topological polar surface area (TPSA) is 78.9 Å². The lowest BCUT2D eigenvalue weighted by Gasteiger charge is -2.18. The molecule has 1 atom stereocenters. The van der Waals surface area contributed by atoms with E-state index in [1.807, 2.05) is 0 Å². The van der Waals surface area contributed by atoms with Crippen LogP contribution in [-0.2, 0) is 28.6 Å². The first-order chi connectivity index (χ1) is 23.6. The van der Waals surface area contributed by atoms with Gasteiger partial charge < -0.3 is 14.2 Å². The van der Waals surface area contributed by atoms with E-state index in [1.165, 1.54) is 128 Å². The molecule has 0 amide bonds. The first-order valence-corrected chi connectivity index (χ1v) is 20.8. The van der Waals surface area contributed by atoms with E-state index in [9.17, 15) is 14.4 Å². The van der Waals surface area contributed by atoms with E-state index >= 15 is 0 Å². The van der Waals surface area contributed by atoms with Crippen LogP contribution in [0.1, 0.15) is 214 Å². The van der Waals surface area contributed by atoms with Crippen LogP contribution in [-0.4, -0.2) is 37.2 Å². The quantitative estimate of drug-likeness (QED) is 0.0281. The van der Waals surface area contributed by atoms with Crippen LogP contribution < -0.4 is 0 Å². The van der Waals surface area contributed by atoms with Gasteiger partial charge in [0, 0.05) is 18.4 Å². The molecule has 0 rings (SSSR count). The van der Waals surface area contributed by atoms with Crippen molar-refractivity contribution >= 4 is 17.9 Å². The summed E-state index contributed by atoms with van der Waals surface area (Å²) in [5.41, 5.74) is 0.270. The van der Waals surface area contributed by atoms with E-state index in [0.29, 0.717) is 12.8 Å². The monoisotopic (exact) mass is 693 g/mol. The maximum Gasteiger partial charge on any atom is 0.333 e. The van der Waals surface area contributed by atoms with Crippen LogP contribution >= 0.6 is 0 Å². The number of hydrogen-bond acceptors (Lipinski definition) is 6. The molecule has 49 heavy (non-hydrogen) atoms. The van der Waals surface area contributed by atoms with E-state index in [2.05, 4.69) is 34.3 Å². The van der Waals surface area contributed by atoms with Gasteiger partial charge in [-0.2, -0.15) is 0 Å². The summed E-state index contributed by atoms with van der Waals surface area (Å²) in [6, 6.07) is 0. The van der Waals surface area contributed by atoms with Gasteiger partial charge in [-0.15, -0.1) is 0 Å². The van der Waals surface area contributed by atoms with Gasteiger partial charge in [0.1, 0.15) is 13.2 Å². The van der Waals surface area contributed by atoms with Crippen molar-refractivity contribution in [3.63, 3.8) is 0 Å². The molecule has 0 radical (unpaired) electrons. The third kappa shape index (κ3) is 35.8. The Morgan fingerprint density at radius 1 is 0.449 bits per heavy atom. The number of esters is 3. The molecule has 0 saturated heterocycles. The zero-order chi connectivity index (χ0) is 36.4. The van der Waals surface area contributed by atoms with Gasteiger partial charge in [-0.25, -0.2) is 4.79 Å². The van der Waals surface area contributed by atoms with Crippen LogP contribution in [0.2, 0.25) is 0 Å². The highest BCUT2D eigenvalue weighted by atomic mass is 16.6. The van der Waals surface area contributed by atoms with Crippen molar-refractivity contribution in [2.24, 2.45) is 11.8 Å². The summed E-state index contributed by atoms with van der Waals surface area (Å²) in [6.07, 6.45) is 32.4. The van der Waals surface area contributed by atoms with Crippen molar-refractivity contribution in [2.45, 2.75) is 221 Å². The molecule has 0 heterocycles. The minimum absolute atomic E-state index is 0.107. The van der Waals surface area contributed by atoms with E-state index in [4.69, 9.17) is 14.2 Å². The fraction of sp³-hybridized carbons (Fsp3) is 0.884. The molecule has 0 bridgehead atoms. The van der Waals surface area contributed by atoms with Crippen LogP contribution in [0.25, 0.3) is 0 Å². The molecule has 0 aliphatic carbocycles. The van der Waals surface area contributed by atoms with Gasteiger partial charge >= 0.3 is 17.9 Å². The minimum Gasteiger partial charge on any atom is -0.462 e. The number of unbranched alkanes of at least 4 members (excludes halogenated alkanes) is 22. The van der Waals surface area contributed by atoms with Gasteiger partial charge in [-0.3, -0.25) is 9.59 Å². The molecule has 6 heteroatoms. The number of carbonyl (C=O) groups excluding carboxylic acids is 3. The Morgan fingerprint density at radius 2 is 0.755 bits per heavy atom. The van der Waals surface area contributed by atoms with E-state index in [1.54, 1.807) is 6.92 Å². The van der Waals surface area contributed by atoms with E-state index in [0.717, 1.165) is 50.4 Å². The van der Waals surface area contributed by atoms with Crippen LogP contribution in [0, 0.1) is 11.8 Å². The van der Waals surface area contributed by atoms with Gasteiger partial charge in [0.2, 0.25) is 0 Å². The number of ether oxygens (including phenoxy) is 3. The largest absolute Gasteiger partial charge is 0.462 e. The molecule has 0 aliphatic rings. The van der Waals surface area contributed by atoms with E-state index < -0.39 is 12.1 Å². The highest BCUT2D eigenvalue weighted by Crippen LogP contribution is 2.16. The number of hydrogen-bond donors (Lipinski definition) is 0. The zero-order valence-electron chi connectivity index (χ0n) is 33.1. The Balaban J connectivity index is 3.98. The summed E-state index contributed by atoms with van der Waals surface area (Å²) in [6.45, 7) is 14.1. The molecule has 0 aromatic carbocycles. The normalized spacial score (nSPS) is 12.0. The standard InChI is InChI=1S/C43H80O6/c1-37(2)31-27-23-19-15-11-7-9-13-17-21-25-29-33-41(44)47-35-40(36-48-43(46)39(5)6)49-42(45)34-30-26-22-18-14-10-8-12-16-20-24-28-32-38(3)4/h37-38,40H,5,7-36H2,1-4,6H3.